The molecule has 0 radical (unpaired) electrons. The van der Waals surface area contributed by atoms with Gasteiger partial charge < -0.3 is 94.9 Å². The van der Waals surface area contributed by atoms with Gasteiger partial charge in [0, 0.05) is 105 Å². The molecule has 30 nitrogen and oxygen atoms in total. The van der Waals surface area contributed by atoms with Crippen LogP contribution >= 0.6 is 11.6 Å². The number of Topliss-reactive ketones (excluding diaryl/α,β-unsaturated/α-hetero) is 1. The predicted molar refractivity (Wildman–Crippen MR) is 575 cm³/mol. The smallest absolute Gasteiger partial charge is 1.00 e. The topological polar surface area (TPSA) is 363 Å². The first-order valence-corrected chi connectivity index (χ1v) is 53.9. The normalized spacial score (nSPS) is 22.1. The molecule has 4 amide bonds. The molecule has 824 valence electrons. The van der Waals surface area contributed by atoms with Gasteiger partial charge in [-0.05, 0) is 347 Å². The van der Waals surface area contributed by atoms with E-state index in [1.807, 2.05) is 167 Å². The summed E-state index contributed by atoms with van der Waals surface area (Å²) in [7, 11) is 0. The zero-order chi connectivity index (χ0) is 110. The van der Waals surface area contributed by atoms with Crippen LogP contribution in [0.3, 0.4) is 0 Å². The van der Waals surface area contributed by atoms with Gasteiger partial charge >= 0.3 is 89.2 Å². The van der Waals surface area contributed by atoms with Crippen LogP contribution in [-0.2, 0) is 82.9 Å². The fourth-order valence-corrected chi connectivity index (χ4v) is 23.8. The van der Waals surface area contributed by atoms with Crippen molar-refractivity contribution in [3.05, 3.63) is 176 Å². The molecule has 8 aliphatic carbocycles. The number of carboxylic acids is 2. The van der Waals surface area contributed by atoms with Gasteiger partial charge in [-0.3, -0.25) is 28.9 Å². The van der Waals surface area contributed by atoms with E-state index in [2.05, 4.69) is 96.5 Å². The number of rotatable bonds is 19. The number of ketones is 1. The summed E-state index contributed by atoms with van der Waals surface area (Å²) in [4.78, 5) is 143. The fraction of sp³-hybridized carbons (Fsp3) is 0.658. The maximum atomic E-state index is 13.0. The molecule has 150 heavy (non-hydrogen) atoms. The number of piperidine rings is 5. The van der Waals surface area contributed by atoms with E-state index >= 15 is 0 Å². The van der Waals surface area contributed by atoms with Crippen LogP contribution in [0.25, 0.3) is 9.69 Å². The Balaban J connectivity index is 0.000000307. The minimum Gasteiger partial charge on any atom is -1.00 e. The number of ether oxygens (including phenoxy) is 8. The summed E-state index contributed by atoms with van der Waals surface area (Å²) in [5.74, 6) is 2.24. The zero-order valence-electron chi connectivity index (χ0n) is 93.1. The van der Waals surface area contributed by atoms with Crippen molar-refractivity contribution in [2.75, 3.05) is 98.4 Å². The molecule has 33 heteroatoms. The van der Waals surface area contributed by atoms with Crippen molar-refractivity contribution in [1.82, 2.24) is 29.8 Å². The molecule has 0 aromatic heterocycles. The van der Waals surface area contributed by atoms with Crippen molar-refractivity contribution >= 4 is 100 Å². The Labute approximate surface area is 924 Å². The molecule has 1 unspecified atom stereocenters. The van der Waals surface area contributed by atoms with E-state index in [9.17, 15) is 63.1 Å². The second-order valence-electron chi connectivity index (χ2n) is 44.8. The Hall–Kier alpha value is -9.88. The minimum absolute atomic E-state index is 0. The van der Waals surface area contributed by atoms with Crippen LogP contribution in [0.5, 0.6) is 0 Å². The monoisotopic (exact) mass is 2170 g/mol. The number of likely N-dealkylation sites (tertiary alicyclic amines) is 4. The molecule has 4 aromatic carbocycles. The van der Waals surface area contributed by atoms with Gasteiger partial charge in [0.15, 0.2) is 5.92 Å². The molecule has 0 spiro atoms. The first kappa shape index (κ1) is 131. The number of carboxylic acid groups (broad SMARTS) is 2. The van der Waals surface area contributed by atoms with E-state index in [1.165, 1.54) is 80.9 Å². The number of benzene rings is 4. The van der Waals surface area contributed by atoms with Crippen LogP contribution in [0.4, 0.5) is 24.0 Å². The first-order valence-electron chi connectivity index (χ1n) is 53.5. The average Bonchev–Trinajstić information content (AvgIpc) is 0.758. The van der Waals surface area contributed by atoms with Crippen molar-refractivity contribution in [3.8, 4) is 6.07 Å². The maximum Gasteiger partial charge on any atom is 2.00 e. The number of hydrogen-bond donors (Lipinski definition) is 3. The third-order valence-electron chi connectivity index (χ3n) is 29.9. The van der Waals surface area contributed by atoms with E-state index in [4.69, 9.17) is 63.0 Å². The van der Waals surface area contributed by atoms with Gasteiger partial charge in [-0.25, -0.2) is 40.2 Å². The third-order valence-corrected chi connectivity index (χ3v) is 30.0. The molecular weight excluding hydrogens is 2010 g/mol. The van der Waals surface area contributed by atoms with Gasteiger partial charge in [0.25, 0.3) is 5.70 Å². The molecule has 5 saturated heterocycles. The molecule has 3 N–H and O–H groups in total. The molecule has 8 saturated carbocycles. The number of carbonyl (C=O) groups excluding carboxylic acids is 9. The molecule has 13 fully saturated rings. The fourth-order valence-electron chi connectivity index (χ4n) is 23.7. The maximum absolute atomic E-state index is 13.0. The molecule has 8 bridgehead atoms. The SMILES string of the molecule is CC(C)(C)OC(=O)N1CCC(=O)CC1.CCN(C(C)C)C(C)C.CCOC(=O)C(C#N)C1(c2ccccc2C)CCN(C(=O)OC(C)(C)C)CC1.Cc1[c-]cccc1.Cc1ccccc1C1(CC(=O)O)CCN(C(=O)OC2C3CC4CC(C3)CC2C4)CC1.Cc1ccccc1C1(CC(=O)O)CCNCC1.O=C(Cl)OC1C2CC3CC(C2)CC1C3.[Br-].[C-]#[N+]C(C(=O)OCC)=C1CCN(C(=O)OC(C)(C)C)CC1.[C-]#[N+]CC(=O)OCC.[Mg+2]. The summed E-state index contributed by atoms with van der Waals surface area (Å²) in [6, 6.07) is 38.6. The van der Waals surface area contributed by atoms with Crippen LogP contribution in [0, 0.1) is 111 Å². The van der Waals surface area contributed by atoms with Gasteiger partial charge in [0.1, 0.15) is 34.8 Å². The molecule has 4 aromatic rings. The molecule has 5 heterocycles. The number of nitrogens with one attached hydrogen (secondary N) is 1. The molecular formula is C117H169BrClMgN9O21. The van der Waals surface area contributed by atoms with Gasteiger partial charge in [-0.15, -0.1) is 0 Å². The zero-order valence-corrected chi connectivity index (χ0v) is 96.9. The van der Waals surface area contributed by atoms with Crippen LogP contribution in [0.2, 0.25) is 0 Å². The Morgan fingerprint density at radius 1 is 0.507 bits per heavy atom. The summed E-state index contributed by atoms with van der Waals surface area (Å²) in [6.45, 7) is 61.7. The average molecular weight is 2180 g/mol. The van der Waals surface area contributed by atoms with Crippen LogP contribution in [-0.4, -0.2) is 263 Å². The molecule has 5 aliphatic heterocycles. The molecule has 13 aliphatic rings. The van der Waals surface area contributed by atoms with E-state index < -0.39 is 68.8 Å². The van der Waals surface area contributed by atoms with Gasteiger partial charge in [-0.2, -0.15) is 41.2 Å². The molecule has 17 rings (SSSR count). The van der Waals surface area contributed by atoms with Gasteiger partial charge in [-0.1, -0.05) is 92.2 Å². The predicted octanol–water partition coefficient (Wildman–Crippen LogP) is 19.4. The Kier molecular flexibility index (Phi) is 54.4. The summed E-state index contributed by atoms with van der Waals surface area (Å²) in [5, 5.41) is 31.9. The number of nitriles is 1. The minimum atomic E-state index is -0.922. The number of aliphatic carboxylic acids is 2. The van der Waals surface area contributed by atoms with Crippen molar-refractivity contribution in [1.29, 1.82) is 5.26 Å². The largest absolute Gasteiger partial charge is 2.00 e. The number of esters is 3. The Bertz CT molecular complexity index is 5080. The Morgan fingerprint density at radius 2 is 0.873 bits per heavy atom. The van der Waals surface area contributed by atoms with E-state index in [1.54, 1.807) is 35.5 Å². The van der Waals surface area contributed by atoms with Crippen LogP contribution < -0.4 is 22.3 Å². The van der Waals surface area contributed by atoms with E-state index in [0.717, 1.165) is 84.0 Å². The third kappa shape index (κ3) is 40.9. The summed E-state index contributed by atoms with van der Waals surface area (Å²) >= 11 is 5.31. The van der Waals surface area contributed by atoms with E-state index in [0.29, 0.717) is 146 Å². The first-order chi connectivity index (χ1) is 69.9. The van der Waals surface area contributed by atoms with Gasteiger partial charge in [0.2, 0.25) is 0 Å². The van der Waals surface area contributed by atoms with E-state index in [-0.39, 0.29) is 126 Å². The summed E-state index contributed by atoms with van der Waals surface area (Å²) in [5.41, 5.74) is 5.22. The number of amides is 4. The van der Waals surface area contributed by atoms with Crippen LogP contribution in [0.15, 0.2) is 108 Å². The number of nitrogens with zero attached hydrogens (tertiary/aromatic N) is 8. The second-order valence-corrected chi connectivity index (χ2v) is 45.1. The summed E-state index contributed by atoms with van der Waals surface area (Å²) < 4.78 is 41.8. The Morgan fingerprint density at radius 3 is 1.20 bits per heavy atom. The van der Waals surface area contributed by atoms with Crippen molar-refractivity contribution < 1.29 is 118 Å². The van der Waals surface area contributed by atoms with Crippen molar-refractivity contribution in [2.24, 2.45) is 53.3 Å². The van der Waals surface area contributed by atoms with Crippen molar-refractivity contribution in [3.63, 3.8) is 0 Å². The van der Waals surface area contributed by atoms with Crippen molar-refractivity contribution in [2.45, 2.75) is 344 Å². The second kappa shape index (κ2) is 62.5. The number of hydrogen-bond acceptors (Lipinski definition) is 22. The van der Waals surface area contributed by atoms with Crippen LogP contribution in [0.1, 0.15) is 298 Å². The standard InChI is InChI=1S/C25H33NO4.C22H30N2O4.C15H22N2O4.C14H19NO2.C11H15ClO2.C10H17NO3.C8H19N.C7H7.C5H7NO2.BrH.Mg/c1-16-4-2-3-5-21(16)25(15-22(27)28)6-8-26(9-7-25)24(29)30-23-19-11-17-10-18(13-19)14-20(23)12-17;1-6-27-19(25)18(15-23)22(17-10-8-7-9-16(17)2)11-13-24(14-12-22)20(26)28-21(3,4)5;1-6-20-13(18)12(16-5)11-7-9-17(10-8-11)14(19)21-15(2,3)4;1-11-4-2-3-5-12(11)14(10-13(16)17)6-8-15-9-7-14;12-11(13)14-10-8-2-6-1-7(4-8)5-9(10)3-6;1-10(2,3)14-9(13)11-6-4-8(12)5-7-11;1-6-9(7(2)3)8(4)5;1-7-5-3-2-4-6-7;1-3-8-5(7)4-6-2;;/h2-5,17-20,23H,6-15H2,1H3,(H,27,28);7-10,18H,6,11-14H2,1-5H3;6-10H2,1-4H3;2-5,15H,6-10H2,1H3,(H,16,17);6-10H,1-5H2;4-7H2,1-3H3;7-8H,6H2,1-5H3;2-5H,1H3;3-4H2,1H3;1H;/q;;;;;;;-1;;;+2/p-1. The summed E-state index contributed by atoms with van der Waals surface area (Å²) in [6.07, 6.45) is 18.2. The van der Waals surface area contributed by atoms with Gasteiger partial charge in [0.05, 0.1) is 45.3 Å². The number of halogens is 2. The quantitative estimate of drug-likeness (QED) is 0.0196. The number of carbonyl (C=O) groups is 11. The molecule has 1 atom stereocenters. The number of aryl methyl sites for hydroxylation is 4.